The van der Waals surface area contributed by atoms with E-state index in [4.69, 9.17) is 4.74 Å². The molecule has 0 aliphatic heterocycles. The van der Waals surface area contributed by atoms with Crippen LogP contribution in [-0.4, -0.2) is 22.8 Å². The molecule has 1 aliphatic rings. The van der Waals surface area contributed by atoms with Crippen molar-refractivity contribution in [3.63, 3.8) is 0 Å². The topological polar surface area (TPSA) is 51.5 Å². The number of ether oxygens (including phenoxy) is 1. The lowest BCUT2D eigenvalue weighted by Crippen LogP contribution is -2.06. The van der Waals surface area contributed by atoms with Crippen LogP contribution in [0.25, 0.3) is 10.9 Å². The first kappa shape index (κ1) is 15.7. The van der Waals surface area contributed by atoms with Gasteiger partial charge in [0.25, 0.3) is 0 Å². The standard InChI is InChI=1S/C19H23NO3/c1-13-18(19(22)23-2)16-12-15(21)8-9-17(16)20(13)11-10-14-6-4-3-5-7-14/h6,8-9,12,21H,3-5,7,10-11H2,1-2H3. The highest BCUT2D eigenvalue weighted by atomic mass is 16.5. The molecule has 0 saturated heterocycles. The van der Waals surface area contributed by atoms with Crippen LogP contribution in [0.2, 0.25) is 0 Å². The third kappa shape index (κ3) is 2.98. The average molecular weight is 313 g/mol. The molecule has 2 aromatic rings. The lowest BCUT2D eigenvalue weighted by Gasteiger charge is -2.14. The van der Waals surface area contributed by atoms with E-state index in [1.807, 2.05) is 13.0 Å². The third-order valence-corrected chi connectivity index (χ3v) is 4.74. The minimum atomic E-state index is -0.353. The number of fused-ring (bicyclic) bond motifs is 1. The van der Waals surface area contributed by atoms with Crippen LogP contribution >= 0.6 is 0 Å². The Kier molecular flexibility index (Phi) is 4.42. The Hall–Kier alpha value is -2.23. The van der Waals surface area contributed by atoms with Gasteiger partial charge in [-0.15, -0.1) is 0 Å². The number of carbonyl (C=O) groups excluding carboxylic acids is 1. The first-order valence-electron chi connectivity index (χ1n) is 8.20. The van der Waals surface area contributed by atoms with E-state index in [0.29, 0.717) is 5.56 Å². The fourth-order valence-electron chi connectivity index (χ4n) is 3.51. The van der Waals surface area contributed by atoms with Crippen molar-refractivity contribution in [2.24, 2.45) is 0 Å². The summed E-state index contributed by atoms with van der Waals surface area (Å²) in [5, 5.41) is 10.5. The van der Waals surface area contributed by atoms with Crippen molar-refractivity contribution in [1.29, 1.82) is 0 Å². The Labute approximate surface area is 136 Å². The molecule has 1 aliphatic carbocycles. The molecule has 0 radical (unpaired) electrons. The smallest absolute Gasteiger partial charge is 0.340 e. The first-order chi connectivity index (χ1) is 11.1. The van der Waals surface area contributed by atoms with E-state index >= 15 is 0 Å². The van der Waals surface area contributed by atoms with Gasteiger partial charge < -0.3 is 14.4 Å². The van der Waals surface area contributed by atoms with E-state index in [-0.39, 0.29) is 11.7 Å². The van der Waals surface area contributed by atoms with Crippen LogP contribution in [0.5, 0.6) is 5.75 Å². The molecule has 122 valence electrons. The fraction of sp³-hybridized carbons (Fsp3) is 0.421. The maximum atomic E-state index is 12.2. The molecule has 0 bridgehead atoms. The van der Waals surface area contributed by atoms with Gasteiger partial charge in [-0.05, 0) is 57.2 Å². The maximum absolute atomic E-state index is 12.2. The van der Waals surface area contributed by atoms with Gasteiger partial charge in [0.05, 0.1) is 12.7 Å². The van der Waals surface area contributed by atoms with Gasteiger partial charge in [-0.2, -0.15) is 0 Å². The van der Waals surface area contributed by atoms with E-state index in [9.17, 15) is 9.90 Å². The van der Waals surface area contributed by atoms with Crippen LogP contribution in [0.4, 0.5) is 0 Å². The van der Waals surface area contributed by atoms with Crippen molar-refractivity contribution in [2.75, 3.05) is 7.11 Å². The second kappa shape index (κ2) is 6.49. The monoisotopic (exact) mass is 313 g/mol. The Morgan fingerprint density at radius 3 is 2.87 bits per heavy atom. The lowest BCUT2D eigenvalue weighted by molar-refractivity contribution is 0.0602. The Bertz CT molecular complexity index is 771. The SMILES string of the molecule is COC(=O)c1c(C)n(CCC2=CCCCC2)c2ccc(O)cc12. The van der Waals surface area contributed by atoms with Crippen LogP contribution < -0.4 is 0 Å². The Morgan fingerprint density at radius 1 is 1.35 bits per heavy atom. The summed E-state index contributed by atoms with van der Waals surface area (Å²) in [5.74, 6) is -0.191. The summed E-state index contributed by atoms with van der Waals surface area (Å²) in [4.78, 5) is 12.2. The van der Waals surface area contributed by atoms with Crippen LogP contribution in [0.1, 0.15) is 48.2 Å². The van der Waals surface area contributed by atoms with Crippen LogP contribution in [0.15, 0.2) is 29.8 Å². The van der Waals surface area contributed by atoms with E-state index in [2.05, 4.69) is 10.6 Å². The zero-order chi connectivity index (χ0) is 16.4. The zero-order valence-electron chi connectivity index (χ0n) is 13.8. The van der Waals surface area contributed by atoms with E-state index in [1.165, 1.54) is 38.4 Å². The molecule has 4 nitrogen and oxygen atoms in total. The van der Waals surface area contributed by atoms with E-state index in [0.717, 1.165) is 29.6 Å². The average Bonchev–Trinajstić information content (AvgIpc) is 2.84. The lowest BCUT2D eigenvalue weighted by atomic mass is 9.97. The summed E-state index contributed by atoms with van der Waals surface area (Å²) >= 11 is 0. The number of aromatic hydroxyl groups is 1. The predicted molar refractivity (Wildman–Crippen MR) is 90.8 cm³/mol. The number of nitrogens with zero attached hydrogens (tertiary/aromatic N) is 1. The summed E-state index contributed by atoms with van der Waals surface area (Å²) in [6.45, 7) is 2.79. The molecular weight excluding hydrogens is 290 g/mol. The minimum absolute atomic E-state index is 0.162. The van der Waals surface area contributed by atoms with Gasteiger partial charge in [0.2, 0.25) is 0 Å². The molecule has 1 N–H and O–H groups in total. The molecular formula is C19H23NO3. The molecule has 1 heterocycles. The van der Waals surface area contributed by atoms with Gasteiger partial charge in [-0.1, -0.05) is 11.6 Å². The van der Waals surface area contributed by atoms with Crippen LogP contribution in [0.3, 0.4) is 0 Å². The van der Waals surface area contributed by atoms with Gasteiger partial charge in [-0.25, -0.2) is 4.79 Å². The number of benzene rings is 1. The molecule has 23 heavy (non-hydrogen) atoms. The summed E-state index contributed by atoms with van der Waals surface area (Å²) in [6.07, 6.45) is 8.30. The number of carbonyl (C=O) groups is 1. The number of aryl methyl sites for hydroxylation is 1. The summed E-state index contributed by atoms with van der Waals surface area (Å²) in [5.41, 5.74) is 3.93. The number of phenolic OH excluding ortho intramolecular Hbond substituents is 1. The van der Waals surface area contributed by atoms with E-state index in [1.54, 1.807) is 12.1 Å². The highest BCUT2D eigenvalue weighted by Gasteiger charge is 2.21. The second-order valence-electron chi connectivity index (χ2n) is 6.16. The molecule has 0 spiro atoms. The van der Waals surface area contributed by atoms with Crippen molar-refractivity contribution in [3.8, 4) is 5.75 Å². The zero-order valence-corrected chi connectivity index (χ0v) is 13.8. The van der Waals surface area contributed by atoms with Crippen molar-refractivity contribution in [3.05, 3.63) is 41.1 Å². The fourth-order valence-corrected chi connectivity index (χ4v) is 3.51. The molecule has 0 amide bonds. The van der Waals surface area contributed by atoms with Crippen LogP contribution in [-0.2, 0) is 11.3 Å². The molecule has 0 atom stereocenters. The largest absolute Gasteiger partial charge is 0.508 e. The van der Waals surface area contributed by atoms with Crippen molar-refractivity contribution < 1.29 is 14.6 Å². The van der Waals surface area contributed by atoms with Gasteiger partial charge in [0, 0.05) is 23.1 Å². The van der Waals surface area contributed by atoms with E-state index < -0.39 is 0 Å². The number of allylic oxidation sites excluding steroid dienone is 2. The first-order valence-corrected chi connectivity index (χ1v) is 8.20. The Balaban J connectivity index is 2.00. The van der Waals surface area contributed by atoms with Gasteiger partial charge in [-0.3, -0.25) is 0 Å². The summed E-state index contributed by atoms with van der Waals surface area (Å²) < 4.78 is 7.09. The predicted octanol–water partition coefficient (Wildman–Crippen LogP) is 4.33. The highest BCUT2D eigenvalue weighted by Crippen LogP contribution is 2.31. The van der Waals surface area contributed by atoms with Gasteiger partial charge >= 0.3 is 5.97 Å². The number of rotatable bonds is 4. The molecule has 0 fully saturated rings. The molecule has 1 aromatic heterocycles. The quantitative estimate of drug-likeness (QED) is 0.675. The summed E-state index contributed by atoms with van der Waals surface area (Å²) in [7, 11) is 1.39. The number of methoxy groups -OCH3 is 1. The van der Waals surface area contributed by atoms with Crippen molar-refractivity contribution >= 4 is 16.9 Å². The molecule has 0 unspecified atom stereocenters. The third-order valence-electron chi connectivity index (χ3n) is 4.74. The highest BCUT2D eigenvalue weighted by molar-refractivity contribution is 6.06. The minimum Gasteiger partial charge on any atom is -0.508 e. The van der Waals surface area contributed by atoms with Crippen LogP contribution in [0, 0.1) is 6.92 Å². The second-order valence-corrected chi connectivity index (χ2v) is 6.16. The number of phenols is 1. The van der Waals surface area contributed by atoms with Gasteiger partial charge in [0.15, 0.2) is 0 Å². The number of esters is 1. The Morgan fingerprint density at radius 2 is 2.17 bits per heavy atom. The molecule has 0 saturated carbocycles. The molecule has 1 aromatic carbocycles. The summed E-state index contributed by atoms with van der Waals surface area (Å²) in [6, 6.07) is 5.18. The number of hydrogen-bond donors (Lipinski definition) is 1. The number of aromatic nitrogens is 1. The van der Waals surface area contributed by atoms with Crippen molar-refractivity contribution in [1.82, 2.24) is 4.57 Å². The molecule has 3 rings (SSSR count). The molecule has 4 heteroatoms. The van der Waals surface area contributed by atoms with Crippen molar-refractivity contribution in [2.45, 2.75) is 45.6 Å². The maximum Gasteiger partial charge on any atom is 0.340 e. The van der Waals surface area contributed by atoms with Gasteiger partial charge in [0.1, 0.15) is 5.75 Å². The normalized spacial score (nSPS) is 14.8. The number of hydrogen-bond acceptors (Lipinski definition) is 3.